The number of Topliss-reactive ketones (excluding diaryl/α,β-unsaturated/α-hetero) is 2. The molecule has 0 amide bonds. The van der Waals surface area contributed by atoms with Gasteiger partial charge in [-0.1, -0.05) is 0 Å². The van der Waals surface area contributed by atoms with Crippen molar-refractivity contribution < 1.29 is 9.59 Å². The molecular formula is C7H14N2O2. The number of hydrogen-bond donors (Lipinski definition) is 2. The van der Waals surface area contributed by atoms with E-state index in [2.05, 4.69) is 5.32 Å². The standard InChI is InChI=1S/C7H14N2O2/c1-5(10)7(6(2)11)9-4-3-8/h7,9H,3-4,8H2,1-2H3. The summed E-state index contributed by atoms with van der Waals surface area (Å²) in [6.45, 7) is 3.69. The predicted molar refractivity (Wildman–Crippen MR) is 42.2 cm³/mol. The Labute approximate surface area is 66.1 Å². The van der Waals surface area contributed by atoms with E-state index in [0.29, 0.717) is 13.1 Å². The smallest absolute Gasteiger partial charge is 0.154 e. The molecule has 0 spiro atoms. The number of carbonyl (C=O) groups excluding carboxylic acids is 2. The first-order valence-electron chi connectivity index (χ1n) is 3.54. The highest BCUT2D eigenvalue weighted by Gasteiger charge is 2.17. The molecule has 0 aromatic carbocycles. The average Bonchev–Trinajstić information content (AvgIpc) is 1.87. The fourth-order valence-corrected chi connectivity index (χ4v) is 0.801. The Hall–Kier alpha value is -0.740. The quantitative estimate of drug-likeness (QED) is 0.508. The van der Waals surface area contributed by atoms with E-state index >= 15 is 0 Å². The van der Waals surface area contributed by atoms with E-state index in [9.17, 15) is 9.59 Å². The molecule has 0 unspecified atom stereocenters. The Morgan fingerprint density at radius 2 is 1.82 bits per heavy atom. The third kappa shape index (κ3) is 3.85. The highest BCUT2D eigenvalue weighted by molar-refractivity contribution is 6.04. The van der Waals surface area contributed by atoms with E-state index in [4.69, 9.17) is 5.73 Å². The zero-order valence-corrected chi connectivity index (χ0v) is 6.89. The fourth-order valence-electron chi connectivity index (χ4n) is 0.801. The third-order valence-electron chi connectivity index (χ3n) is 1.31. The van der Waals surface area contributed by atoms with E-state index in [1.165, 1.54) is 13.8 Å². The summed E-state index contributed by atoms with van der Waals surface area (Å²) in [6.07, 6.45) is 0. The zero-order valence-electron chi connectivity index (χ0n) is 6.89. The Balaban J connectivity index is 3.90. The van der Waals surface area contributed by atoms with Crippen molar-refractivity contribution in [2.24, 2.45) is 5.73 Å². The third-order valence-corrected chi connectivity index (χ3v) is 1.31. The summed E-state index contributed by atoms with van der Waals surface area (Å²) in [5, 5.41) is 2.74. The van der Waals surface area contributed by atoms with Gasteiger partial charge in [0.05, 0.1) is 0 Å². The minimum Gasteiger partial charge on any atom is -0.329 e. The van der Waals surface area contributed by atoms with E-state index in [0.717, 1.165) is 0 Å². The van der Waals surface area contributed by atoms with E-state index in [1.807, 2.05) is 0 Å². The first kappa shape index (κ1) is 10.3. The Morgan fingerprint density at radius 3 is 2.09 bits per heavy atom. The molecule has 0 bridgehead atoms. The molecule has 0 aromatic rings. The van der Waals surface area contributed by atoms with Crippen molar-refractivity contribution in [1.82, 2.24) is 5.32 Å². The van der Waals surface area contributed by atoms with Crippen LogP contribution in [0.25, 0.3) is 0 Å². The van der Waals surface area contributed by atoms with Crippen molar-refractivity contribution in [2.45, 2.75) is 19.9 Å². The molecule has 0 saturated heterocycles. The van der Waals surface area contributed by atoms with Crippen molar-refractivity contribution in [3.05, 3.63) is 0 Å². The minimum absolute atomic E-state index is 0.161. The maximum Gasteiger partial charge on any atom is 0.154 e. The van der Waals surface area contributed by atoms with Gasteiger partial charge >= 0.3 is 0 Å². The van der Waals surface area contributed by atoms with Crippen LogP contribution in [0.15, 0.2) is 0 Å². The molecular weight excluding hydrogens is 144 g/mol. The molecule has 0 aliphatic heterocycles. The number of carbonyl (C=O) groups is 2. The number of nitrogens with one attached hydrogen (secondary N) is 1. The first-order valence-corrected chi connectivity index (χ1v) is 3.54. The molecule has 4 heteroatoms. The molecule has 0 heterocycles. The van der Waals surface area contributed by atoms with Gasteiger partial charge in [-0.3, -0.25) is 9.59 Å². The van der Waals surface area contributed by atoms with Crippen LogP contribution in [0.4, 0.5) is 0 Å². The average molecular weight is 158 g/mol. The van der Waals surface area contributed by atoms with Crippen molar-refractivity contribution in [1.29, 1.82) is 0 Å². The van der Waals surface area contributed by atoms with Crippen molar-refractivity contribution in [3.63, 3.8) is 0 Å². The summed E-state index contributed by atoms with van der Waals surface area (Å²) >= 11 is 0. The Morgan fingerprint density at radius 1 is 1.36 bits per heavy atom. The van der Waals surface area contributed by atoms with Gasteiger partial charge in [0.25, 0.3) is 0 Å². The fraction of sp³-hybridized carbons (Fsp3) is 0.714. The van der Waals surface area contributed by atoms with Crippen LogP contribution in [0, 0.1) is 0 Å². The summed E-state index contributed by atoms with van der Waals surface area (Å²) in [5.74, 6) is -0.322. The lowest BCUT2D eigenvalue weighted by atomic mass is 10.1. The maximum absolute atomic E-state index is 10.8. The van der Waals surface area contributed by atoms with Crippen LogP contribution in [-0.4, -0.2) is 30.7 Å². The largest absolute Gasteiger partial charge is 0.329 e. The normalized spacial score (nSPS) is 10.2. The summed E-state index contributed by atoms with van der Waals surface area (Å²) in [4.78, 5) is 21.5. The maximum atomic E-state index is 10.8. The molecule has 0 saturated carbocycles. The molecule has 0 atom stereocenters. The molecule has 3 N–H and O–H groups in total. The zero-order chi connectivity index (χ0) is 8.85. The number of rotatable bonds is 5. The van der Waals surface area contributed by atoms with Gasteiger partial charge in [-0.25, -0.2) is 0 Å². The second-order valence-electron chi connectivity index (χ2n) is 2.40. The van der Waals surface area contributed by atoms with Crippen molar-refractivity contribution in [3.8, 4) is 0 Å². The van der Waals surface area contributed by atoms with Crippen LogP contribution in [0.1, 0.15) is 13.8 Å². The van der Waals surface area contributed by atoms with E-state index < -0.39 is 6.04 Å². The summed E-state index contributed by atoms with van der Waals surface area (Å²) in [5.41, 5.74) is 5.19. The van der Waals surface area contributed by atoms with Crippen LogP contribution in [0.5, 0.6) is 0 Å². The van der Waals surface area contributed by atoms with E-state index in [-0.39, 0.29) is 11.6 Å². The van der Waals surface area contributed by atoms with Gasteiger partial charge in [0.2, 0.25) is 0 Å². The van der Waals surface area contributed by atoms with Crippen LogP contribution in [0.2, 0.25) is 0 Å². The molecule has 0 rings (SSSR count). The second-order valence-corrected chi connectivity index (χ2v) is 2.40. The summed E-state index contributed by atoms with van der Waals surface area (Å²) in [6, 6.07) is -0.668. The number of ketones is 2. The van der Waals surface area contributed by atoms with Gasteiger partial charge < -0.3 is 11.1 Å². The predicted octanol–water partition coefficient (Wildman–Crippen LogP) is -0.919. The lowest BCUT2D eigenvalue weighted by Crippen LogP contribution is -2.43. The topological polar surface area (TPSA) is 72.2 Å². The molecule has 64 valence electrons. The molecule has 0 fully saturated rings. The summed E-state index contributed by atoms with van der Waals surface area (Å²) in [7, 11) is 0. The summed E-state index contributed by atoms with van der Waals surface area (Å²) < 4.78 is 0. The lowest BCUT2D eigenvalue weighted by molar-refractivity contribution is -0.127. The van der Waals surface area contributed by atoms with Crippen molar-refractivity contribution in [2.75, 3.05) is 13.1 Å². The van der Waals surface area contributed by atoms with Crippen LogP contribution >= 0.6 is 0 Å². The van der Waals surface area contributed by atoms with Gasteiger partial charge in [-0.15, -0.1) is 0 Å². The number of hydrogen-bond acceptors (Lipinski definition) is 4. The van der Waals surface area contributed by atoms with Gasteiger partial charge in [-0.2, -0.15) is 0 Å². The molecule has 0 aliphatic rings. The second kappa shape index (κ2) is 4.98. The number of nitrogens with two attached hydrogens (primary N) is 1. The van der Waals surface area contributed by atoms with Crippen LogP contribution < -0.4 is 11.1 Å². The van der Waals surface area contributed by atoms with Gasteiger partial charge in [-0.05, 0) is 13.8 Å². The van der Waals surface area contributed by atoms with Gasteiger partial charge in [0, 0.05) is 13.1 Å². The van der Waals surface area contributed by atoms with Crippen LogP contribution in [-0.2, 0) is 9.59 Å². The SMILES string of the molecule is CC(=O)C(NCCN)C(C)=O. The van der Waals surface area contributed by atoms with Gasteiger partial charge in [0.15, 0.2) is 11.6 Å². The van der Waals surface area contributed by atoms with Crippen molar-refractivity contribution >= 4 is 11.6 Å². The molecule has 0 radical (unpaired) electrons. The first-order chi connectivity index (χ1) is 5.09. The van der Waals surface area contributed by atoms with Gasteiger partial charge in [0.1, 0.15) is 6.04 Å². The molecule has 0 aliphatic carbocycles. The molecule has 11 heavy (non-hydrogen) atoms. The Kier molecular flexibility index (Phi) is 4.65. The molecule has 0 aromatic heterocycles. The Bertz CT molecular complexity index is 143. The lowest BCUT2D eigenvalue weighted by Gasteiger charge is -2.10. The van der Waals surface area contributed by atoms with Crippen LogP contribution in [0.3, 0.4) is 0 Å². The highest BCUT2D eigenvalue weighted by Crippen LogP contribution is 1.86. The monoisotopic (exact) mass is 158 g/mol. The van der Waals surface area contributed by atoms with E-state index in [1.54, 1.807) is 0 Å². The minimum atomic E-state index is -0.668. The highest BCUT2D eigenvalue weighted by atomic mass is 16.2. The molecule has 4 nitrogen and oxygen atoms in total.